The summed E-state index contributed by atoms with van der Waals surface area (Å²) >= 11 is 7.43. The molecule has 2 rings (SSSR count). The Morgan fingerprint density at radius 2 is 1.95 bits per heavy atom. The summed E-state index contributed by atoms with van der Waals surface area (Å²) in [6.45, 7) is 2.90. The number of hydrogen-bond donors (Lipinski definition) is 2. The molecule has 0 unspecified atom stereocenters. The second kappa shape index (κ2) is 6.19. The minimum Gasteiger partial charge on any atom is -0.347 e. The zero-order chi connectivity index (χ0) is 13.8. The highest BCUT2D eigenvalue weighted by Gasteiger charge is 2.13. The van der Waals surface area contributed by atoms with E-state index in [1.54, 1.807) is 0 Å². The number of carbonyl (C=O) groups excluding carboxylic acids is 1. The van der Waals surface area contributed by atoms with Crippen molar-refractivity contribution >= 4 is 28.8 Å². The van der Waals surface area contributed by atoms with Gasteiger partial charge < -0.3 is 11.1 Å². The Labute approximate surface area is 121 Å². The Bertz CT molecular complexity index is 578. The average molecular weight is 295 g/mol. The van der Waals surface area contributed by atoms with Crippen LogP contribution in [0, 0.1) is 6.92 Å². The Morgan fingerprint density at radius 3 is 2.47 bits per heavy atom. The van der Waals surface area contributed by atoms with Crippen LogP contribution < -0.4 is 11.1 Å². The Morgan fingerprint density at radius 1 is 1.32 bits per heavy atom. The third-order valence-corrected chi connectivity index (χ3v) is 4.51. The number of halogens is 1. The summed E-state index contributed by atoms with van der Waals surface area (Å²) in [7, 11) is 0. The number of aryl methyl sites for hydroxylation is 1. The van der Waals surface area contributed by atoms with Gasteiger partial charge in [0.1, 0.15) is 4.88 Å². The van der Waals surface area contributed by atoms with Crippen LogP contribution >= 0.6 is 22.9 Å². The molecular weight excluding hydrogens is 280 g/mol. The van der Waals surface area contributed by atoms with Crippen molar-refractivity contribution in [3.63, 3.8) is 0 Å². The van der Waals surface area contributed by atoms with Gasteiger partial charge >= 0.3 is 0 Å². The van der Waals surface area contributed by atoms with E-state index in [0.29, 0.717) is 23.0 Å². The maximum atomic E-state index is 12.0. The Kier molecular flexibility index (Phi) is 4.58. The number of hydrogen-bond acceptors (Lipinski definition) is 3. The second-order valence-electron chi connectivity index (χ2n) is 4.27. The van der Waals surface area contributed by atoms with Crippen molar-refractivity contribution in [3.05, 3.63) is 56.2 Å². The quantitative estimate of drug-likeness (QED) is 0.910. The number of thiophene rings is 1. The van der Waals surface area contributed by atoms with E-state index in [1.807, 2.05) is 36.6 Å². The van der Waals surface area contributed by atoms with Crippen LogP contribution in [-0.2, 0) is 13.1 Å². The SMILES string of the molecule is Cc1csc(C(=O)NCc2ccc(CN)cc2)c1Cl. The van der Waals surface area contributed by atoms with Crippen molar-refractivity contribution < 1.29 is 4.79 Å². The van der Waals surface area contributed by atoms with Crippen molar-refractivity contribution in [1.82, 2.24) is 5.32 Å². The summed E-state index contributed by atoms with van der Waals surface area (Å²) < 4.78 is 0. The molecule has 19 heavy (non-hydrogen) atoms. The molecule has 0 aliphatic carbocycles. The third-order valence-electron chi connectivity index (χ3n) is 2.82. The van der Waals surface area contributed by atoms with E-state index in [4.69, 9.17) is 17.3 Å². The summed E-state index contributed by atoms with van der Waals surface area (Å²) in [5.74, 6) is -0.133. The van der Waals surface area contributed by atoms with Gasteiger partial charge in [-0.05, 0) is 29.0 Å². The lowest BCUT2D eigenvalue weighted by molar-refractivity contribution is 0.0955. The molecule has 0 aliphatic heterocycles. The van der Waals surface area contributed by atoms with Crippen LogP contribution in [0.1, 0.15) is 26.4 Å². The van der Waals surface area contributed by atoms with E-state index in [2.05, 4.69) is 5.32 Å². The zero-order valence-electron chi connectivity index (χ0n) is 10.6. The number of carbonyl (C=O) groups is 1. The molecule has 0 radical (unpaired) electrons. The largest absolute Gasteiger partial charge is 0.347 e. The molecule has 1 aromatic carbocycles. The Hall–Kier alpha value is -1.36. The smallest absolute Gasteiger partial charge is 0.263 e. The molecule has 1 aromatic heterocycles. The topological polar surface area (TPSA) is 55.1 Å². The van der Waals surface area contributed by atoms with Gasteiger partial charge in [-0.1, -0.05) is 35.9 Å². The molecule has 0 spiro atoms. The van der Waals surface area contributed by atoms with E-state index in [9.17, 15) is 4.79 Å². The molecular formula is C14H15ClN2OS. The molecule has 2 aromatic rings. The number of rotatable bonds is 4. The molecule has 1 amide bonds. The van der Waals surface area contributed by atoms with Gasteiger partial charge in [-0.25, -0.2) is 0 Å². The first-order valence-corrected chi connectivity index (χ1v) is 7.17. The standard InChI is InChI=1S/C14H15ClN2OS/c1-9-8-19-13(12(9)15)14(18)17-7-11-4-2-10(6-16)3-5-11/h2-5,8H,6-7,16H2,1H3,(H,17,18). The van der Waals surface area contributed by atoms with Crippen LogP contribution in [-0.4, -0.2) is 5.91 Å². The lowest BCUT2D eigenvalue weighted by atomic mass is 10.1. The van der Waals surface area contributed by atoms with E-state index >= 15 is 0 Å². The molecule has 0 saturated carbocycles. The Balaban J connectivity index is 1.98. The van der Waals surface area contributed by atoms with E-state index < -0.39 is 0 Å². The van der Waals surface area contributed by atoms with Gasteiger partial charge in [0.2, 0.25) is 0 Å². The number of benzene rings is 1. The van der Waals surface area contributed by atoms with Crippen LogP contribution in [0.2, 0.25) is 5.02 Å². The van der Waals surface area contributed by atoms with Gasteiger partial charge in [0.05, 0.1) is 5.02 Å². The fourth-order valence-corrected chi connectivity index (χ4v) is 2.83. The van der Waals surface area contributed by atoms with Crippen LogP contribution in [0.15, 0.2) is 29.6 Å². The maximum Gasteiger partial charge on any atom is 0.263 e. The van der Waals surface area contributed by atoms with Crippen LogP contribution in [0.25, 0.3) is 0 Å². The lowest BCUT2D eigenvalue weighted by Gasteiger charge is -2.05. The highest BCUT2D eigenvalue weighted by Crippen LogP contribution is 2.26. The van der Waals surface area contributed by atoms with Gasteiger partial charge in [0.15, 0.2) is 0 Å². The number of nitrogens with two attached hydrogens (primary N) is 1. The minimum absolute atomic E-state index is 0.133. The summed E-state index contributed by atoms with van der Waals surface area (Å²) in [5, 5.41) is 5.29. The fourth-order valence-electron chi connectivity index (χ4n) is 1.64. The highest BCUT2D eigenvalue weighted by atomic mass is 35.5. The number of amides is 1. The monoisotopic (exact) mass is 294 g/mol. The van der Waals surface area contributed by atoms with Crippen molar-refractivity contribution in [2.45, 2.75) is 20.0 Å². The molecule has 0 atom stereocenters. The molecule has 0 aliphatic rings. The van der Waals surface area contributed by atoms with Crippen molar-refractivity contribution in [2.24, 2.45) is 5.73 Å². The number of nitrogens with one attached hydrogen (secondary N) is 1. The zero-order valence-corrected chi connectivity index (χ0v) is 12.1. The van der Waals surface area contributed by atoms with Crippen molar-refractivity contribution in [2.75, 3.05) is 0 Å². The van der Waals surface area contributed by atoms with Crippen LogP contribution in [0.3, 0.4) is 0 Å². The lowest BCUT2D eigenvalue weighted by Crippen LogP contribution is -2.22. The predicted molar refractivity (Wildman–Crippen MR) is 79.6 cm³/mol. The van der Waals surface area contributed by atoms with E-state index in [-0.39, 0.29) is 5.91 Å². The first-order chi connectivity index (χ1) is 9.11. The molecule has 1 heterocycles. The van der Waals surface area contributed by atoms with Crippen molar-refractivity contribution in [3.8, 4) is 0 Å². The molecule has 3 nitrogen and oxygen atoms in total. The molecule has 0 bridgehead atoms. The van der Waals surface area contributed by atoms with Gasteiger partial charge in [-0.3, -0.25) is 4.79 Å². The normalized spacial score (nSPS) is 10.5. The van der Waals surface area contributed by atoms with E-state index in [1.165, 1.54) is 11.3 Å². The molecule has 0 fully saturated rings. The predicted octanol–water partition coefficient (Wildman–Crippen LogP) is 3.10. The van der Waals surface area contributed by atoms with Crippen LogP contribution in [0.5, 0.6) is 0 Å². The first kappa shape index (κ1) is 14.1. The van der Waals surface area contributed by atoms with E-state index in [0.717, 1.165) is 16.7 Å². The highest BCUT2D eigenvalue weighted by molar-refractivity contribution is 7.13. The third kappa shape index (κ3) is 3.35. The molecule has 5 heteroatoms. The molecule has 0 saturated heterocycles. The molecule has 3 N–H and O–H groups in total. The van der Waals surface area contributed by atoms with Gasteiger partial charge in [-0.15, -0.1) is 11.3 Å². The van der Waals surface area contributed by atoms with Crippen molar-refractivity contribution in [1.29, 1.82) is 0 Å². The fraction of sp³-hybridized carbons (Fsp3) is 0.214. The van der Waals surface area contributed by atoms with Gasteiger partial charge in [-0.2, -0.15) is 0 Å². The van der Waals surface area contributed by atoms with Gasteiger partial charge in [0.25, 0.3) is 5.91 Å². The summed E-state index contributed by atoms with van der Waals surface area (Å²) in [6, 6.07) is 7.85. The average Bonchev–Trinajstić information content (AvgIpc) is 2.77. The van der Waals surface area contributed by atoms with Gasteiger partial charge in [0, 0.05) is 13.1 Å². The summed E-state index contributed by atoms with van der Waals surface area (Å²) in [6.07, 6.45) is 0. The summed E-state index contributed by atoms with van der Waals surface area (Å²) in [5.41, 5.74) is 8.58. The summed E-state index contributed by atoms with van der Waals surface area (Å²) in [4.78, 5) is 12.5. The van der Waals surface area contributed by atoms with Crippen LogP contribution in [0.4, 0.5) is 0 Å². The minimum atomic E-state index is -0.133. The second-order valence-corrected chi connectivity index (χ2v) is 5.52. The maximum absolute atomic E-state index is 12.0. The first-order valence-electron chi connectivity index (χ1n) is 5.91. The molecule has 100 valence electrons.